The molecule has 0 amide bonds. The fraction of sp³-hybridized carbons (Fsp3) is 0.688. The molecule has 0 aliphatic carbocycles. The van der Waals surface area contributed by atoms with E-state index >= 15 is 0 Å². The van der Waals surface area contributed by atoms with E-state index in [1.54, 1.807) is 0 Å². The Labute approximate surface area is 136 Å². The van der Waals surface area contributed by atoms with Gasteiger partial charge in [0.15, 0.2) is 0 Å². The molecule has 0 unspecified atom stereocenters. The summed E-state index contributed by atoms with van der Waals surface area (Å²) in [6, 6.07) is 0. The van der Waals surface area contributed by atoms with Gasteiger partial charge in [0.2, 0.25) is 0 Å². The highest BCUT2D eigenvalue weighted by Gasteiger charge is 2.24. The van der Waals surface area contributed by atoms with Crippen LogP contribution >= 0.6 is 11.5 Å². The van der Waals surface area contributed by atoms with Crippen LogP contribution in [-0.4, -0.2) is 37.1 Å². The van der Waals surface area contributed by atoms with Crippen LogP contribution in [0.15, 0.2) is 12.4 Å². The Morgan fingerprint density at radius 1 is 1.32 bits per heavy atom. The summed E-state index contributed by atoms with van der Waals surface area (Å²) in [5.74, 6) is 1.91. The summed E-state index contributed by atoms with van der Waals surface area (Å²) in [4.78, 5) is 8.47. The van der Waals surface area contributed by atoms with Gasteiger partial charge in [-0.1, -0.05) is 17.8 Å². The maximum Gasteiger partial charge on any atom is 0.111 e. The van der Waals surface area contributed by atoms with E-state index < -0.39 is 0 Å². The van der Waals surface area contributed by atoms with Crippen LogP contribution < -0.4 is 0 Å². The first-order chi connectivity index (χ1) is 10.8. The van der Waals surface area contributed by atoms with Crippen molar-refractivity contribution in [2.45, 2.75) is 58.5 Å². The molecule has 1 aliphatic heterocycles. The van der Waals surface area contributed by atoms with E-state index in [-0.39, 0.29) is 0 Å². The largest absolute Gasteiger partial charge is 0.335 e. The first-order valence-electron chi connectivity index (χ1n) is 8.29. The molecule has 1 aliphatic rings. The average molecular weight is 319 g/mol. The summed E-state index contributed by atoms with van der Waals surface area (Å²) in [7, 11) is 0. The Morgan fingerprint density at radius 2 is 2.14 bits per heavy atom. The van der Waals surface area contributed by atoms with Gasteiger partial charge in [-0.2, -0.15) is 0 Å². The topological polar surface area (TPSA) is 46.8 Å². The molecular weight excluding hydrogens is 294 g/mol. The van der Waals surface area contributed by atoms with Crippen molar-refractivity contribution >= 4 is 11.5 Å². The van der Waals surface area contributed by atoms with Crippen molar-refractivity contribution in [1.29, 1.82) is 0 Å². The van der Waals surface area contributed by atoms with Crippen LogP contribution in [0.2, 0.25) is 0 Å². The van der Waals surface area contributed by atoms with Crippen LogP contribution in [0.25, 0.3) is 0 Å². The highest BCUT2D eigenvalue weighted by Crippen LogP contribution is 2.28. The molecule has 3 heterocycles. The van der Waals surface area contributed by atoms with E-state index in [0.717, 1.165) is 31.9 Å². The first kappa shape index (κ1) is 15.6. The quantitative estimate of drug-likeness (QED) is 0.820. The molecule has 0 atom stereocenters. The zero-order valence-corrected chi connectivity index (χ0v) is 14.3. The molecule has 0 saturated carbocycles. The second-order valence-electron chi connectivity index (χ2n) is 6.16. The van der Waals surface area contributed by atoms with Crippen LogP contribution in [-0.2, 0) is 13.1 Å². The maximum atomic E-state index is 4.63. The lowest BCUT2D eigenvalue weighted by Crippen LogP contribution is -2.33. The zero-order valence-electron chi connectivity index (χ0n) is 13.5. The zero-order chi connectivity index (χ0) is 15.4. The van der Waals surface area contributed by atoms with Gasteiger partial charge >= 0.3 is 0 Å². The fourth-order valence-corrected chi connectivity index (χ4v) is 3.82. The maximum absolute atomic E-state index is 4.63. The molecule has 0 spiro atoms. The summed E-state index contributed by atoms with van der Waals surface area (Å²) in [5.41, 5.74) is 1.09. The fourth-order valence-electron chi connectivity index (χ4n) is 3.15. The van der Waals surface area contributed by atoms with Gasteiger partial charge in [0.1, 0.15) is 5.82 Å². The number of unbranched alkanes of at least 4 members (excludes halogenated alkanes) is 1. The summed E-state index contributed by atoms with van der Waals surface area (Å²) in [6.45, 7) is 8.69. The number of aromatic nitrogens is 4. The molecule has 22 heavy (non-hydrogen) atoms. The molecule has 120 valence electrons. The third kappa shape index (κ3) is 3.55. The normalized spacial score (nSPS) is 17.2. The number of likely N-dealkylation sites (tertiary alicyclic amines) is 1. The Balaban J connectivity index is 1.55. The van der Waals surface area contributed by atoms with Gasteiger partial charge in [-0.3, -0.25) is 4.90 Å². The average Bonchev–Trinajstić information content (AvgIpc) is 3.16. The Bertz CT molecular complexity index is 583. The summed E-state index contributed by atoms with van der Waals surface area (Å²) >= 11 is 1.53. The van der Waals surface area contributed by atoms with Crippen molar-refractivity contribution in [2.24, 2.45) is 0 Å². The van der Waals surface area contributed by atoms with Crippen molar-refractivity contribution in [3.05, 3.63) is 28.8 Å². The van der Waals surface area contributed by atoms with Gasteiger partial charge in [-0.25, -0.2) is 4.98 Å². The lowest BCUT2D eigenvalue weighted by atomic mass is 9.95. The molecule has 2 aromatic heterocycles. The SMILES string of the molecule is CCCCn1ccnc1C1CCN(Cc2snnc2C)CC1. The highest BCUT2D eigenvalue weighted by atomic mass is 32.1. The lowest BCUT2D eigenvalue weighted by Gasteiger charge is -2.31. The first-order valence-corrected chi connectivity index (χ1v) is 9.06. The standard InChI is InChI=1S/C16H25N5S/c1-3-4-8-21-11-7-17-16(21)14-5-9-20(10-6-14)12-15-13(2)18-19-22-15/h7,11,14H,3-6,8-10,12H2,1-2H3. The highest BCUT2D eigenvalue weighted by molar-refractivity contribution is 7.05. The van der Waals surface area contributed by atoms with Crippen LogP contribution in [0.4, 0.5) is 0 Å². The molecule has 0 aromatic carbocycles. The van der Waals surface area contributed by atoms with E-state index in [0.29, 0.717) is 5.92 Å². The van der Waals surface area contributed by atoms with Crippen molar-refractivity contribution < 1.29 is 0 Å². The van der Waals surface area contributed by atoms with E-state index in [9.17, 15) is 0 Å². The second-order valence-corrected chi connectivity index (χ2v) is 7.00. The van der Waals surface area contributed by atoms with Gasteiger partial charge in [0.05, 0.1) is 10.6 Å². The number of rotatable bonds is 6. The molecule has 0 bridgehead atoms. The Morgan fingerprint density at radius 3 is 2.82 bits per heavy atom. The molecule has 3 rings (SSSR count). The third-order valence-electron chi connectivity index (χ3n) is 4.57. The third-order valence-corrected chi connectivity index (χ3v) is 5.37. The van der Waals surface area contributed by atoms with Gasteiger partial charge in [-0.15, -0.1) is 5.10 Å². The van der Waals surface area contributed by atoms with E-state index in [1.165, 1.54) is 47.9 Å². The number of nitrogens with zero attached hydrogens (tertiary/aromatic N) is 5. The predicted molar refractivity (Wildman–Crippen MR) is 89.0 cm³/mol. The Kier molecular flexibility index (Phi) is 5.20. The number of imidazole rings is 1. The van der Waals surface area contributed by atoms with Crippen LogP contribution in [0.3, 0.4) is 0 Å². The van der Waals surface area contributed by atoms with Crippen LogP contribution in [0.5, 0.6) is 0 Å². The smallest absolute Gasteiger partial charge is 0.111 e. The van der Waals surface area contributed by atoms with Gasteiger partial charge in [0, 0.05) is 31.4 Å². The van der Waals surface area contributed by atoms with Crippen molar-refractivity contribution in [3.63, 3.8) is 0 Å². The number of piperidine rings is 1. The predicted octanol–water partition coefficient (Wildman–Crippen LogP) is 3.22. The van der Waals surface area contributed by atoms with E-state index in [1.807, 2.05) is 6.20 Å². The molecule has 0 radical (unpaired) electrons. The number of hydrogen-bond donors (Lipinski definition) is 0. The van der Waals surface area contributed by atoms with Gasteiger partial charge < -0.3 is 4.57 Å². The minimum absolute atomic E-state index is 0.615. The van der Waals surface area contributed by atoms with Gasteiger partial charge in [0.25, 0.3) is 0 Å². The van der Waals surface area contributed by atoms with Crippen molar-refractivity contribution in [1.82, 2.24) is 24.0 Å². The molecule has 1 fully saturated rings. The number of aryl methyl sites for hydroxylation is 2. The molecule has 6 heteroatoms. The van der Waals surface area contributed by atoms with E-state index in [2.05, 4.69) is 44.1 Å². The molecule has 0 N–H and O–H groups in total. The number of hydrogen-bond acceptors (Lipinski definition) is 5. The van der Waals surface area contributed by atoms with E-state index in [4.69, 9.17) is 0 Å². The summed E-state index contributed by atoms with van der Waals surface area (Å²) in [6.07, 6.45) is 8.98. The molecule has 5 nitrogen and oxygen atoms in total. The molecule has 2 aromatic rings. The van der Waals surface area contributed by atoms with Crippen LogP contribution in [0, 0.1) is 6.92 Å². The van der Waals surface area contributed by atoms with Gasteiger partial charge in [-0.05, 0) is 50.8 Å². The summed E-state index contributed by atoms with van der Waals surface area (Å²) in [5, 5.41) is 4.11. The molecular formula is C16H25N5S. The minimum Gasteiger partial charge on any atom is -0.335 e. The summed E-state index contributed by atoms with van der Waals surface area (Å²) < 4.78 is 6.40. The molecule has 1 saturated heterocycles. The monoisotopic (exact) mass is 319 g/mol. The van der Waals surface area contributed by atoms with Crippen LogP contribution in [0.1, 0.15) is 54.9 Å². The van der Waals surface area contributed by atoms with Crippen molar-refractivity contribution in [2.75, 3.05) is 13.1 Å². The minimum atomic E-state index is 0.615. The lowest BCUT2D eigenvalue weighted by molar-refractivity contribution is 0.201. The van der Waals surface area contributed by atoms with Crippen molar-refractivity contribution in [3.8, 4) is 0 Å². The second kappa shape index (κ2) is 7.33. The Hall–Kier alpha value is -1.27.